The first-order valence-corrected chi connectivity index (χ1v) is 10.6. The predicted molar refractivity (Wildman–Crippen MR) is 123 cm³/mol. The van der Waals surface area contributed by atoms with Gasteiger partial charge in [-0.3, -0.25) is 4.79 Å². The second-order valence-corrected chi connectivity index (χ2v) is 9.08. The van der Waals surface area contributed by atoms with Crippen molar-refractivity contribution in [3.63, 3.8) is 0 Å². The van der Waals surface area contributed by atoms with Crippen LogP contribution in [0.4, 0.5) is 0 Å². The maximum atomic E-state index is 13.7. The number of aliphatic carboxylic acids is 1. The number of carboxylic acids is 1. The lowest BCUT2D eigenvalue weighted by atomic mass is 9.71. The molecule has 2 N–H and O–H groups in total. The van der Waals surface area contributed by atoms with Gasteiger partial charge in [-0.05, 0) is 35.7 Å². The molecule has 0 saturated carbocycles. The van der Waals surface area contributed by atoms with Crippen molar-refractivity contribution in [2.45, 2.75) is 39.2 Å². The lowest BCUT2D eigenvalue weighted by Gasteiger charge is -2.42. The van der Waals surface area contributed by atoms with Crippen LogP contribution in [-0.4, -0.2) is 32.9 Å². The molecule has 0 bridgehead atoms. The summed E-state index contributed by atoms with van der Waals surface area (Å²) < 4.78 is 0. The zero-order valence-electron chi connectivity index (χ0n) is 18.5. The van der Waals surface area contributed by atoms with Gasteiger partial charge in [-0.1, -0.05) is 52.0 Å². The van der Waals surface area contributed by atoms with Crippen LogP contribution >= 0.6 is 0 Å². The van der Waals surface area contributed by atoms with Crippen LogP contribution in [0.2, 0.25) is 0 Å². The quantitative estimate of drug-likeness (QED) is 0.620. The largest absolute Gasteiger partial charge is 0.478 e. The summed E-state index contributed by atoms with van der Waals surface area (Å²) in [6.45, 7) is 8.18. The molecule has 1 amide bonds. The smallest absolute Gasteiger partial charge is 0.339 e. The molecule has 0 aliphatic carbocycles. The van der Waals surface area contributed by atoms with Crippen molar-refractivity contribution in [2.75, 3.05) is 0 Å². The monoisotopic (exact) mass is 427 g/mol. The molecule has 6 heteroatoms. The summed E-state index contributed by atoms with van der Waals surface area (Å²) in [7, 11) is 0. The molecule has 162 valence electrons. The second-order valence-electron chi connectivity index (χ2n) is 9.08. The Bertz CT molecular complexity index is 1310. The van der Waals surface area contributed by atoms with Gasteiger partial charge in [0.2, 0.25) is 0 Å². The minimum atomic E-state index is -1.11. The Balaban J connectivity index is 2.01. The van der Waals surface area contributed by atoms with Crippen LogP contribution in [0.25, 0.3) is 16.5 Å². The molecule has 2 heterocycles. The molecule has 6 nitrogen and oxygen atoms in total. The molecule has 0 saturated heterocycles. The van der Waals surface area contributed by atoms with Crippen molar-refractivity contribution in [3.05, 3.63) is 77.1 Å². The second kappa shape index (κ2) is 7.69. The van der Waals surface area contributed by atoms with E-state index in [1.807, 2.05) is 38.1 Å². The standard InChI is InChI=1S/C26H25N3O3/c1-15(2)23-26(3,4)21-18-10-5-6-11-20(18)28-22(21)19(25(31)32)14-29(23)24(30)17-9-7-8-16(12-17)13-27/h5-12,14-15,23,28H,1-4H3,(H,31,32). The van der Waals surface area contributed by atoms with Crippen molar-refractivity contribution < 1.29 is 14.7 Å². The Morgan fingerprint density at radius 3 is 2.53 bits per heavy atom. The molecule has 0 spiro atoms. The predicted octanol–water partition coefficient (Wildman–Crippen LogP) is 4.92. The number of hydrogen-bond donors (Lipinski definition) is 2. The number of nitrogens with zero attached hydrogens (tertiary/aromatic N) is 2. The Labute approximate surface area is 186 Å². The molecule has 1 aliphatic heterocycles. The summed E-state index contributed by atoms with van der Waals surface area (Å²) in [5.74, 6) is -1.41. The van der Waals surface area contributed by atoms with Crippen molar-refractivity contribution in [1.82, 2.24) is 9.88 Å². The van der Waals surface area contributed by atoms with E-state index >= 15 is 0 Å². The summed E-state index contributed by atoms with van der Waals surface area (Å²) in [5.41, 5.74) is 2.47. The average Bonchev–Trinajstić information content (AvgIpc) is 3.10. The number of aromatic amines is 1. The maximum Gasteiger partial charge on any atom is 0.339 e. The number of carboxylic acid groups (broad SMARTS) is 1. The zero-order chi connectivity index (χ0) is 23.2. The summed E-state index contributed by atoms with van der Waals surface area (Å²) in [5, 5.41) is 20.3. The lowest BCUT2D eigenvalue weighted by molar-refractivity contribution is -0.130. The number of benzene rings is 2. The van der Waals surface area contributed by atoms with Gasteiger partial charge in [0.15, 0.2) is 0 Å². The Morgan fingerprint density at radius 2 is 1.88 bits per heavy atom. The number of nitriles is 1. The van der Waals surface area contributed by atoms with E-state index in [1.165, 1.54) is 6.20 Å². The van der Waals surface area contributed by atoms with Crippen LogP contribution in [0.3, 0.4) is 0 Å². The zero-order valence-corrected chi connectivity index (χ0v) is 18.5. The van der Waals surface area contributed by atoms with E-state index in [9.17, 15) is 20.0 Å². The fourth-order valence-corrected chi connectivity index (χ4v) is 5.17. The van der Waals surface area contributed by atoms with E-state index in [-0.39, 0.29) is 23.4 Å². The van der Waals surface area contributed by atoms with E-state index in [0.717, 1.165) is 16.5 Å². The molecular formula is C26H25N3O3. The van der Waals surface area contributed by atoms with E-state index in [1.54, 1.807) is 29.2 Å². The summed E-state index contributed by atoms with van der Waals surface area (Å²) in [4.78, 5) is 30.9. The highest BCUT2D eigenvalue weighted by molar-refractivity contribution is 6.17. The van der Waals surface area contributed by atoms with Gasteiger partial charge in [0.05, 0.1) is 22.9 Å². The average molecular weight is 428 g/mol. The highest BCUT2D eigenvalue weighted by Crippen LogP contribution is 2.45. The number of rotatable bonds is 3. The molecule has 3 aromatic rings. The molecule has 1 aliphatic rings. The van der Waals surface area contributed by atoms with Gasteiger partial charge in [-0.2, -0.15) is 5.26 Å². The van der Waals surface area contributed by atoms with Crippen LogP contribution in [-0.2, 0) is 10.2 Å². The van der Waals surface area contributed by atoms with Gasteiger partial charge in [0.1, 0.15) is 0 Å². The van der Waals surface area contributed by atoms with Gasteiger partial charge in [0, 0.05) is 34.1 Å². The summed E-state index contributed by atoms with van der Waals surface area (Å²) in [6.07, 6.45) is 1.46. The van der Waals surface area contributed by atoms with Crippen molar-refractivity contribution >= 4 is 28.4 Å². The third-order valence-electron chi connectivity index (χ3n) is 6.26. The van der Waals surface area contributed by atoms with E-state index in [2.05, 4.69) is 24.9 Å². The molecule has 0 fully saturated rings. The number of nitrogens with one attached hydrogen (secondary N) is 1. The van der Waals surface area contributed by atoms with Crippen molar-refractivity contribution in [2.24, 2.45) is 5.92 Å². The molecule has 2 aromatic carbocycles. The third kappa shape index (κ3) is 3.27. The number of hydrogen-bond acceptors (Lipinski definition) is 3. The van der Waals surface area contributed by atoms with Gasteiger partial charge < -0.3 is 15.0 Å². The molecule has 0 radical (unpaired) electrons. The number of para-hydroxylation sites is 1. The molecule has 1 atom stereocenters. The first kappa shape index (κ1) is 21.4. The summed E-state index contributed by atoms with van der Waals surface area (Å²) >= 11 is 0. The third-order valence-corrected chi connectivity index (χ3v) is 6.26. The van der Waals surface area contributed by atoms with Crippen LogP contribution < -0.4 is 0 Å². The first-order chi connectivity index (χ1) is 15.2. The number of aromatic nitrogens is 1. The van der Waals surface area contributed by atoms with Crippen LogP contribution in [0.1, 0.15) is 54.9 Å². The van der Waals surface area contributed by atoms with Crippen LogP contribution in [0, 0.1) is 17.2 Å². The van der Waals surface area contributed by atoms with E-state index in [0.29, 0.717) is 16.8 Å². The molecule has 1 aromatic heterocycles. The van der Waals surface area contributed by atoms with Crippen LogP contribution in [0.15, 0.2) is 54.7 Å². The fraction of sp³-hybridized carbons (Fsp3) is 0.269. The normalized spacial score (nSPS) is 17.4. The highest BCUT2D eigenvalue weighted by atomic mass is 16.4. The van der Waals surface area contributed by atoms with E-state index in [4.69, 9.17) is 0 Å². The number of carbonyl (C=O) groups excluding carboxylic acids is 1. The van der Waals surface area contributed by atoms with Gasteiger partial charge in [-0.25, -0.2) is 4.79 Å². The number of H-pyrrole nitrogens is 1. The first-order valence-electron chi connectivity index (χ1n) is 10.6. The fourth-order valence-electron chi connectivity index (χ4n) is 5.17. The Hall–Kier alpha value is -3.85. The number of fused-ring (bicyclic) bond motifs is 3. The molecule has 1 unspecified atom stereocenters. The highest BCUT2D eigenvalue weighted by Gasteiger charge is 2.45. The number of carbonyl (C=O) groups is 2. The Morgan fingerprint density at radius 1 is 1.16 bits per heavy atom. The van der Waals surface area contributed by atoms with Crippen molar-refractivity contribution in [3.8, 4) is 6.07 Å². The van der Waals surface area contributed by atoms with E-state index < -0.39 is 11.4 Å². The van der Waals surface area contributed by atoms with Crippen LogP contribution in [0.5, 0.6) is 0 Å². The maximum absolute atomic E-state index is 13.7. The van der Waals surface area contributed by atoms with Gasteiger partial charge in [-0.15, -0.1) is 0 Å². The molecule has 32 heavy (non-hydrogen) atoms. The minimum Gasteiger partial charge on any atom is -0.478 e. The lowest BCUT2D eigenvalue weighted by Crippen LogP contribution is -2.50. The topological polar surface area (TPSA) is 97.2 Å². The Kier molecular flexibility index (Phi) is 5.14. The van der Waals surface area contributed by atoms with Gasteiger partial charge >= 0.3 is 5.97 Å². The summed E-state index contributed by atoms with van der Waals surface area (Å²) in [6, 6.07) is 16.0. The molecular weight excluding hydrogens is 402 g/mol. The minimum absolute atomic E-state index is 0.0269. The molecule has 4 rings (SSSR count). The van der Waals surface area contributed by atoms with Gasteiger partial charge in [0.25, 0.3) is 5.91 Å². The SMILES string of the molecule is CC(C)C1N(C(=O)c2cccc(C#N)c2)C=C(C(=O)O)c2[nH]c3ccccc3c2C1(C)C. The number of amides is 1. The van der Waals surface area contributed by atoms with Crippen molar-refractivity contribution in [1.29, 1.82) is 5.26 Å².